The van der Waals surface area contributed by atoms with Crippen molar-refractivity contribution in [2.45, 2.75) is 43.7 Å². The third-order valence-electron chi connectivity index (χ3n) is 4.42. The van der Waals surface area contributed by atoms with E-state index in [-0.39, 0.29) is 6.03 Å². The van der Waals surface area contributed by atoms with Crippen LogP contribution in [-0.2, 0) is 11.2 Å². The molecule has 1 aromatic heterocycles. The van der Waals surface area contributed by atoms with Crippen LogP contribution in [0.1, 0.15) is 32.3 Å². The molecule has 0 radical (unpaired) electrons. The molecule has 2 heterocycles. The summed E-state index contributed by atoms with van der Waals surface area (Å²) in [5, 5.41) is 11.5. The van der Waals surface area contributed by atoms with E-state index in [1.165, 1.54) is 16.2 Å². The Morgan fingerprint density at radius 2 is 2.14 bits per heavy atom. The molecule has 1 atom stereocenters. The summed E-state index contributed by atoms with van der Waals surface area (Å²) in [7, 11) is 1.72. The maximum atomic E-state index is 12.8. The first-order valence-electron chi connectivity index (χ1n) is 9.59. The second-order valence-electron chi connectivity index (χ2n) is 6.54. The molecular weight excluding hydrogens is 410 g/mol. The topological polar surface area (TPSA) is 87.7 Å². The van der Waals surface area contributed by atoms with E-state index in [0.717, 1.165) is 34.2 Å². The lowest BCUT2D eigenvalue weighted by atomic mass is 10.1. The van der Waals surface area contributed by atoms with Gasteiger partial charge in [-0.1, -0.05) is 61.6 Å². The third kappa shape index (κ3) is 5.18. The van der Waals surface area contributed by atoms with E-state index in [1.54, 1.807) is 23.7 Å². The number of hydrogen-bond donors (Lipinski definition) is 1. The fraction of sp³-hybridized carbons (Fsp3) is 0.474. The van der Waals surface area contributed by atoms with Crippen molar-refractivity contribution < 1.29 is 14.3 Å². The molecular formula is C19H25N5O3S2. The van der Waals surface area contributed by atoms with E-state index in [9.17, 15) is 9.59 Å². The molecule has 1 aliphatic rings. The van der Waals surface area contributed by atoms with Gasteiger partial charge in [-0.2, -0.15) is 0 Å². The largest absolute Gasteiger partial charge is 0.425 e. The predicted octanol–water partition coefficient (Wildman–Crippen LogP) is 4.44. The predicted molar refractivity (Wildman–Crippen MR) is 116 cm³/mol. The maximum absolute atomic E-state index is 12.8. The highest BCUT2D eigenvalue weighted by atomic mass is 32.2. The zero-order valence-electron chi connectivity index (χ0n) is 16.8. The van der Waals surface area contributed by atoms with Gasteiger partial charge >= 0.3 is 12.1 Å². The van der Waals surface area contributed by atoms with Crippen molar-refractivity contribution in [1.29, 1.82) is 0 Å². The first-order chi connectivity index (χ1) is 14.0. The summed E-state index contributed by atoms with van der Waals surface area (Å²) in [6.07, 6.45) is 0.998. The van der Waals surface area contributed by atoms with E-state index >= 15 is 0 Å². The molecule has 3 amide bonds. The Bertz CT molecular complexity index is 860. The Kier molecular flexibility index (Phi) is 7.32. The average molecular weight is 436 g/mol. The van der Waals surface area contributed by atoms with Crippen LogP contribution >= 0.6 is 23.1 Å². The van der Waals surface area contributed by atoms with Gasteiger partial charge in [0.05, 0.1) is 0 Å². The summed E-state index contributed by atoms with van der Waals surface area (Å²) in [5.41, 5.74) is 1.77. The van der Waals surface area contributed by atoms with Crippen LogP contribution in [0.5, 0.6) is 0 Å². The normalized spacial score (nSPS) is 16.8. The first kappa shape index (κ1) is 21.4. The van der Waals surface area contributed by atoms with Gasteiger partial charge in [-0.05, 0) is 23.8 Å². The zero-order chi connectivity index (χ0) is 20.8. The highest BCUT2D eigenvalue weighted by Gasteiger charge is 2.37. The van der Waals surface area contributed by atoms with Crippen LogP contribution in [0, 0.1) is 0 Å². The first-order valence-corrected chi connectivity index (χ1v) is 11.4. The number of carbonyl (C=O) groups excluding carboxylic acids is 2. The van der Waals surface area contributed by atoms with Gasteiger partial charge in [0.25, 0.3) is 0 Å². The summed E-state index contributed by atoms with van der Waals surface area (Å²) in [6, 6.07) is 7.39. The number of thioether (sulfide) groups is 1. The molecule has 0 spiro atoms. The number of benzene rings is 1. The van der Waals surface area contributed by atoms with Crippen LogP contribution in [0.25, 0.3) is 0 Å². The number of ether oxygens (including phenoxy) is 1. The Labute approximate surface area is 178 Å². The minimum absolute atomic E-state index is 0.260. The van der Waals surface area contributed by atoms with E-state index in [4.69, 9.17) is 4.74 Å². The Balaban J connectivity index is 1.75. The number of rotatable bonds is 7. The van der Waals surface area contributed by atoms with Crippen molar-refractivity contribution in [2.75, 3.05) is 29.6 Å². The van der Waals surface area contributed by atoms with Crippen molar-refractivity contribution >= 4 is 46.0 Å². The van der Waals surface area contributed by atoms with Crippen molar-refractivity contribution in [2.24, 2.45) is 0 Å². The van der Waals surface area contributed by atoms with Gasteiger partial charge in [0.15, 0.2) is 10.6 Å². The fourth-order valence-electron chi connectivity index (χ4n) is 3.03. The Morgan fingerprint density at radius 3 is 2.90 bits per heavy atom. The summed E-state index contributed by atoms with van der Waals surface area (Å²) >= 11 is 2.88. The molecule has 29 heavy (non-hydrogen) atoms. The molecule has 156 valence electrons. The van der Waals surface area contributed by atoms with Crippen molar-refractivity contribution in [3.63, 3.8) is 0 Å². The molecule has 1 unspecified atom stereocenters. The molecule has 3 rings (SSSR count). The number of nitrogens with one attached hydrogen (secondary N) is 1. The molecule has 0 bridgehead atoms. The molecule has 10 heteroatoms. The number of hydrogen-bond acceptors (Lipinski definition) is 7. The molecule has 1 N–H and O–H groups in total. The van der Waals surface area contributed by atoms with Crippen LogP contribution in [-0.4, -0.2) is 52.8 Å². The number of aryl methyl sites for hydroxylation is 1. The minimum Gasteiger partial charge on any atom is -0.425 e. The molecule has 1 saturated heterocycles. The number of para-hydroxylation sites is 1. The van der Waals surface area contributed by atoms with Crippen molar-refractivity contribution in [1.82, 2.24) is 15.1 Å². The summed E-state index contributed by atoms with van der Waals surface area (Å²) in [5.74, 6) is 0.863. The summed E-state index contributed by atoms with van der Waals surface area (Å²) in [6.45, 7) is 4.61. The minimum atomic E-state index is -0.732. The van der Waals surface area contributed by atoms with Crippen molar-refractivity contribution in [3.8, 4) is 0 Å². The molecule has 8 nitrogen and oxygen atoms in total. The van der Waals surface area contributed by atoms with Gasteiger partial charge in [0.2, 0.25) is 5.13 Å². The highest BCUT2D eigenvalue weighted by molar-refractivity contribution is 8.01. The molecule has 1 aromatic carbocycles. The monoisotopic (exact) mass is 435 g/mol. The molecule has 0 aliphatic carbocycles. The molecule has 0 saturated carbocycles. The fourth-order valence-corrected chi connectivity index (χ4v) is 4.80. The number of amides is 3. The van der Waals surface area contributed by atoms with Crippen LogP contribution < -0.4 is 10.2 Å². The Hall–Kier alpha value is -2.33. The van der Waals surface area contributed by atoms with Gasteiger partial charge in [-0.25, -0.2) is 14.5 Å². The summed E-state index contributed by atoms with van der Waals surface area (Å²) in [4.78, 5) is 28.3. The third-order valence-corrected chi connectivity index (χ3v) is 6.36. The van der Waals surface area contributed by atoms with E-state index in [2.05, 4.69) is 22.4 Å². The second-order valence-corrected chi connectivity index (χ2v) is 9.01. The zero-order valence-corrected chi connectivity index (χ0v) is 18.4. The van der Waals surface area contributed by atoms with E-state index in [0.29, 0.717) is 18.1 Å². The molecule has 1 aliphatic heterocycles. The number of carbonyl (C=O) groups is 2. The lowest BCUT2D eigenvalue weighted by Crippen LogP contribution is -2.55. The van der Waals surface area contributed by atoms with Gasteiger partial charge < -0.3 is 9.64 Å². The quantitative estimate of drug-likeness (QED) is 0.511. The standard InChI is InChI=1S/C19H25N5O3S2/c1-4-8-13-9-6-7-10-14(13)20-17(25)27-15-11-12-23(3)19(26)24(15)16-21-22-18(29-16)28-5-2/h6-7,9-10,15H,4-5,8,11-12H2,1-3H3,(H,20,25). The average Bonchev–Trinajstić information content (AvgIpc) is 3.15. The second kappa shape index (κ2) is 9.93. The number of anilines is 2. The number of nitrogens with zero attached hydrogens (tertiary/aromatic N) is 4. The van der Waals surface area contributed by atoms with Crippen molar-refractivity contribution in [3.05, 3.63) is 29.8 Å². The molecule has 2 aromatic rings. The van der Waals surface area contributed by atoms with Gasteiger partial charge in [0, 0.05) is 25.7 Å². The number of urea groups is 1. The number of aromatic nitrogens is 2. The van der Waals surface area contributed by atoms with Crippen LogP contribution in [0.4, 0.5) is 20.4 Å². The summed E-state index contributed by atoms with van der Waals surface area (Å²) < 4.78 is 6.42. The highest BCUT2D eigenvalue weighted by Crippen LogP contribution is 2.32. The lowest BCUT2D eigenvalue weighted by Gasteiger charge is -2.37. The Morgan fingerprint density at radius 1 is 1.34 bits per heavy atom. The van der Waals surface area contributed by atoms with Gasteiger partial charge in [-0.3, -0.25) is 5.32 Å². The lowest BCUT2D eigenvalue weighted by molar-refractivity contribution is 0.0841. The maximum Gasteiger partial charge on any atom is 0.413 e. The smallest absolute Gasteiger partial charge is 0.413 e. The SMILES string of the molecule is CCCc1ccccc1NC(=O)OC1CCN(C)C(=O)N1c1nnc(SCC)s1. The van der Waals surface area contributed by atoms with E-state index < -0.39 is 12.3 Å². The van der Waals surface area contributed by atoms with Crippen LogP contribution in [0.2, 0.25) is 0 Å². The molecule has 1 fully saturated rings. The van der Waals surface area contributed by atoms with Gasteiger partial charge in [-0.15, -0.1) is 10.2 Å². The van der Waals surface area contributed by atoms with Gasteiger partial charge in [0.1, 0.15) is 0 Å². The van der Waals surface area contributed by atoms with E-state index in [1.807, 2.05) is 31.2 Å². The van der Waals surface area contributed by atoms with Crippen LogP contribution in [0.15, 0.2) is 28.6 Å². The van der Waals surface area contributed by atoms with Crippen LogP contribution in [0.3, 0.4) is 0 Å².